The molecular formula is C20H23N5O2. The first-order valence-corrected chi connectivity index (χ1v) is 9.01. The Morgan fingerprint density at radius 1 is 1.37 bits per heavy atom. The van der Waals surface area contributed by atoms with E-state index in [2.05, 4.69) is 57.7 Å². The number of anilines is 1. The van der Waals surface area contributed by atoms with E-state index in [9.17, 15) is 4.79 Å². The summed E-state index contributed by atoms with van der Waals surface area (Å²) >= 11 is 0. The second kappa shape index (κ2) is 7.28. The molecule has 2 aliphatic rings. The van der Waals surface area contributed by atoms with Crippen LogP contribution < -0.4 is 10.9 Å². The molecule has 2 aliphatic heterocycles. The Bertz CT molecular complexity index is 1000. The normalized spacial score (nSPS) is 16.0. The molecule has 27 heavy (non-hydrogen) atoms. The van der Waals surface area contributed by atoms with Gasteiger partial charge < -0.3 is 24.8 Å². The molecule has 0 amide bonds. The number of hydrogen-bond acceptors (Lipinski definition) is 6. The lowest BCUT2D eigenvalue weighted by atomic mass is 10.1. The van der Waals surface area contributed by atoms with Crippen LogP contribution in [-0.4, -0.2) is 53.6 Å². The molecule has 1 aromatic heterocycles. The minimum absolute atomic E-state index is 0.132. The van der Waals surface area contributed by atoms with Crippen molar-refractivity contribution in [1.29, 1.82) is 0 Å². The van der Waals surface area contributed by atoms with Crippen LogP contribution in [0.2, 0.25) is 0 Å². The Balaban J connectivity index is 1.49. The van der Waals surface area contributed by atoms with Crippen LogP contribution in [0.1, 0.15) is 6.42 Å². The number of ether oxygens (including phenoxy) is 1. The molecule has 7 nitrogen and oxygen atoms in total. The van der Waals surface area contributed by atoms with E-state index in [1.165, 1.54) is 6.33 Å². The maximum absolute atomic E-state index is 11.8. The number of nitrogens with one attached hydrogen (secondary N) is 2. The summed E-state index contributed by atoms with van der Waals surface area (Å²) in [4.78, 5) is 23.0. The highest BCUT2D eigenvalue weighted by molar-refractivity contribution is 5.81. The van der Waals surface area contributed by atoms with Crippen LogP contribution in [-0.2, 0) is 4.74 Å². The number of rotatable bonds is 6. The Morgan fingerprint density at radius 3 is 3.11 bits per heavy atom. The number of allylic oxidation sites excluding steroid dienone is 1. The molecule has 0 bridgehead atoms. The maximum atomic E-state index is 11.8. The SMILES string of the molecule is CN(C)CCCN1C=CC2=C(Nc3ccc4c(=O)[nH]cnc4c3)COC2=C1. The molecule has 7 heteroatoms. The lowest BCUT2D eigenvalue weighted by Crippen LogP contribution is -2.21. The number of aromatic nitrogens is 2. The van der Waals surface area contributed by atoms with E-state index < -0.39 is 0 Å². The average molecular weight is 365 g/mol. The van der Waals surface area contributed by atoms with Gasteiger partial charge in [-0.15, -0.1) is 0 Å². The molecule has 0 atom stereocenters. The van der Waals surface area contributed by atoms with Gasteiger partial charge in [-0.2, -0.15) is 0 Å². The van der Waals surface area contributed by atoms with Crippen LogP contribution in [0.25, 0.3) is 10.9 Å². The van der Waals surface area contributed by atoms with Gasteiger partial charge in [-0.1, -0.05) is 0 Å². The quantitative estimate of drug-likeness (QED) is 0.818. The van der Waals surface area contributed by atoms with E-state index in [4.69, 9.17) is 4.74 Å². The zero-order chi connectivity index (χ0) is 18.8. The summed E-state index contributed by atoms with van der Waals surface area (Å²) in [5.74, 6) is 0.889. The fraction of sp³-hybridized carbons (Fsp3) is 0.300. The molecule has 0 radical (unpaired) electrons. The molecule has 140 valence electrons. The van der Waals surface area contributed by atoms with Gasteiger partial charge in [-0.25, -0.2) is 4.98 Å². The predicted molar refractivity (Wildman–Crippen MR) is 106 cm³/mol. The summed E-state index contributed by atoms with van der Waals surface area (Å²) in [5.41, 5.74) is 3.49. The lowest BCUT2D eigenvalue weighted by molar-refractivity contribution is 0.260. The van der Waals surface area contributed by atoms with E-state index in [1.54, 1.807) is 6.07 Å². The fourth-order valence-electron chi connectivity index (χ4n) is 3.24. The van der Waals surface area contributed by atoms with Crippen molar-refractivity contribution in [1.82, 2.24) is 19.8 Å². The highest BCUT2D eigenvalue weighted by atomic mass is 16.5. The van der Waals surface area contributed by atoms with Crippen molar-refractivity contribution in [2.45, 2.75) is 6.42 Å². The largest absolute Gasteiger partial charge is 0.485 e. The third-order valence-electron chi connectivity index (χ3n) is 4.64. The molecule has 2 N–H and O–H groups in total. The van der Waals surface area contributed by atoms with E-state index in [1.807, 2.05) is 12.1 Å². The highest BCUT2D eigenvalue weighted by Gasteiger charge is 2.23. The van der Waals surface area contributed by atoms with Gasteiger partial charge in [0.2, 0.25) is 0 Å². The standard InChI is InChI=1S/C20H23N5O2/c1-24(2)7-3-8-25-9-6-15-18(12-27-19(15)11-25)23-14-4-5-16-17(10-14)21-13-22-20(16)26/h4-6,9-11,13,23H,3,7-8,12H2,1-2H3,(H,21,22,26). The van der Waals surface area contributed by atoms with E-state index >= 15 is 0 Å². The molecule has 0 saturated heterocycles. The van der Waals surface area contributed by atoms with Crippen LogP contribution in [0.3, 0.4) is 0 Å². The molecular weight excluding hydrogens is 342 g/mol. The molecule has 2 aromatic rings. The smallest absolute Gasteiger partial charge is 0.258 e. The number of nitrogens with zero attached hydrogens (tertiary/aromatic N) is 3. The van der Waals surface area contributed by atoms with Gasteiger partial charge in [0.15, 0.2) is 0 Å². The first-order chi connectivity index (χ1) is 13.1. The van der Waals surface area contributed by atoms with E-state index in [0.29, 0.717) is 17.5 Å². The van der Waals surface area contributed by atoms with Crippen molar-refractivity contribution in [2.75, 3.05) is 39.1 Å². The predicted octanol–water partition coefficient (Wildman–Crippen LogP) is 2.24. The van der Waals surface area contributed by atoms with Crippen LogP contribution in [0.4, 0.5) is 5.69 Å². The number of hydrogen-bond donors (Lipinski definition) is 2. The third kappa shape index (κ3) is 3.73. The summed E-state index contributed by atoms with van der Waals surface area (Å²) < 4.78 is 5.86. The van der Waals surface area contributed by atoms with Gasteiger partial charge in [0.25, 0.3) is 5.56 Å². The molecule has 4 rings (SSSR count). The fourth-order valence-corrected chi connectivity index (χ4v) is 3.24. The molecule has 0 fully saturated rings. The highest BCUT2D eigenvalue weighted by Crippen LogP contribution is 2.30. The minimum atomic E-state index is -0.132. The molecule has 0 saturated carbocycles. The number of aromatic amines is 1. The van der Waals surface area contributed by atoms with Crippen molar-refractivity contribution >= 4 is 16.6 Å². The maximum Gasteiger partial charge on any atom is 0.258 e. The Morgan fingerprint density at radius 2 is 2.26 bits per heavy atom. The van der Waals surface area contributed by atoms with Gasteiger partial charge >= 0.3 is 0 Å². The van der Waals surface area contributed by atoms with Crippen molar-refractivity contribution < 1.29 is 4.74 Å². The molecule has 0 unspecified atom stereocenters. The number of fused-ring (bicyclic) bond motifs is 2. The molecule has 1 aromatic carbocycles. The van der Waals surface area contributed by atoms with Crippen molar-refractivity contribution in [3.8, 4) is 0 Å². The zero-order valence-electron chi connectivity index (χ0n) is 15.5. The Labute approximate surface area is 157 Å². The van der Waals surface area contributed by atoms with E-state index in [0.717, 1.165) is 42.2 Å². The Hall–Kier alpha value is -3.06. The second-order valence-corrected chi connectivity index (χ2v) is 6.97. The van der Waals surface area contributed by atoms with Gasteiger partial charge in [-0.05, 0) is 51.3 Å². The van der Waals surface area contributed by atoms with Gasteiger partial charge in [0, 0.05) is 30.2 Å². The number of H-pyrrole nitrogens is 1. The van der Waals surface area contributed by atoms with E-state index in [-0.39, 0.29) is 5.56 Å². The summed E-state index contributed by atoms with van der Waals surface area (Å²) in [6, 6.07) is 5.54. The Kier molecular flexibility index (Phi) is 4.68. The summed E-state index contributed by atoms with van der Waals surface area (Å²) in [5, 5.41) is 3.99. The topological polar surface area (TPSA) is 73.5 Å². The first kappa shape index (κ1) is 17.4. The van der Waals surface area contributed by atoms with Crippen molar-refractivity contribution in [3.63, 3.8) is 0 Å². The minimum Gasteiger partial charge on any atom is -0.485 e. The summed E-state index contributed by atoms with van der Waals surface area (Å²) in [6.07, 6.45) is 8.75. The average Bonchev–Trinajstić information content (AvgIpc) is 3.04. The third-order valence-corrected chi connectivity index (χ3v) is 4.64. The van der Waals surface area contributed by atoms with Gasteiger partial charge in [0.05, 0.1) is 22.9 Å². The molecule has 0 aliphatic carbocycles. The van der Waals surface area contributed by atoms with Crippen molar-refractivity contribution in [3.05, 3.63) is 70.4 Å². The molecule has 3 heterocycles. The second-order valence-electron chi connectivity index (χ2n) is 6.97. The van der Waals surface area contributed by atoms with Crippen LogP contribution >= 0.6 is 0 Å². The van der Waals surface area contributed by atoms with Crippen LogP contribution in [0, 0.1) is 0 Å². The van der Waals surface area contributed by atoms with Crippen molar-refractivity contribution in [2.24, 2.45) is 0 Å². The zero-order valence-corrected chi connectivity index (χ0v) is 15.5. The van der Waals surface area contributed by atoms with Gasteiger partial charge in [-0.3, -0.25) is 4.79 Å². The van der Waals surface area contributed by atoms with Crippen LogP contribution in [0.15, 0.2) is 64.8 Å². The monoisotopic (exact) mass is 365 g/mol. The molecule has 0 spiro atoms. The first-order valence-electron chi connectivity index (χ1n) is 9.01. The number of benzene rings is 1. The van der Waals surface area contributed by atoms with Crippen LogP contribution in [0.5, 0.6) is 0 Å². The lowest BCUT2D eigenvalue weighted by Gasteiger charge is -2.21. The summed E-state index contributed by atoms with van der Waals surface area (Å²) in [7, 11) is 4.17. The van der Waals surface area contributed by atoms with Gasteiger partial charge in [0.1, 0.15) is 12.4 Å². The summed E-state index contributed by atoms with van der Waals surface area (Å²) in [6.45, 7) is 2.52.